The lowest BCUT2D eigenvalue weighted by Crippen LogP contribution is -2.15. The number of nitro benzene ring substituents is 1. The van der Waals surface area contributed by atoms with Gasteiger partial charge in [0.05, 0.1) is 9.82 Å². The van der Waals surface area contributed by atoms with Crippen molar-refractivity contribution >= 4 is 39.3 Å². The van der Waals surface area contributed by atoms with E-state index in [9.17, 15) is 23.3 Å². The Bertz CT molecular complexity index is 1200. The molecule has 0 bridgehead atoms. The SMILES string of the molecule is O=C(/C=C/c1cccc([N+](=O)[O-])c1)Nc1ccc(S(=O)(=O)Nc2ncccn2)cc1. The Hall–Kier alpha value is -4.12. The van der Waals surface area contributed by atoms with Crippen molar-refractivity contribution in [1.29, 1.82) is 0 Å². The second-order valence-electron chi connectivity index (χ2n) is 5.88. The monoisotopic (exact) mass is 425 g/mol. The third kappa shape index (κ3) is 5.45. The number of aromatic nitrogens is 2. The predicted molar refractivity (Wildman–Crippen MR) is 110 cm³/mol. The van der Waals surface area contributed by atoms with E-state index in [1.807, 2.05) is 0 Å². The number of carbonyl (C=O) groups excluding carboxylic acids is 1. The van der Waals surface area contributed by atoms with Crippen molar-refractivity contribution in [2.24, 2.45) is 0 Å². The van der Waals surface area contributed by atoms with Gasteiger partial charge in [0.1, 0.15) is 0 Å². The Kier molecular flexibility index (Phi) is 6.13. The molecule has 0 aliphatic rings. The van der Waals surface area contributed by atoms with Crippen LogP contribution in [0.3, 0.4) is 0 Å². The van der Waals surface area contributed by atoms with Gasteiger partial charge in [-0.25, -0.2) is 23.1 Å². The molecule has 0 aliphatic carbocycles. The Morgan fingerprint density at radius 2 is 1.73 bits per heavy atom. The number of hydrogen-bond donors (Lipinski definition) is 2. The van der Waals surface area contributed by atoms with E-state index >= 15 is 0 Å². The molecule has 0 unspecified atom stereocenters. The van der Waals surface area contributed by atoms with Crippen LogP contribution >= 0.6 is 0 Å². The summed E-state index contributed by atoms with van der Waals surface area (Å²) in [7, 11) is -3.87. The summed E-state index contributed by atoms with van der Waals surface area (Å²) >= 11 is 0. The van der Waals surface area contributed by atoms with Crippen LogP contribution in [0.15, 0.2) is 78.0 Å². The quantitative estimate of drug-likeness (QED) is 0.336. The minimum atomic E-state index is -3.87. The van der Waals surface area contributed by atoms with Crippen LogP contribution in [-0.4, -0.2) is 29.2 Å². The van der Waals surface area contributed by atoms with Gasteiger partial charge in [0.15, 0.2) is 0 Å². The van der Waals surface area contributed by atoms with Crippen LogP contribution < -0.4 is 10.0 Å². The van der Waals surface area contributed by atoms with Crippen LogP contribution in [0, 0.1) is 10.1 Å². The Morgan fingerprint density at radius 1 is 1.03 bits per heavy atom. The van der Waals surface area contributed by atoms with Crippen LogP contribution in [0.5, 0.6) is 0 Å². The first kappa shape index (κ1) is 20.6. The van der Waals surface area contributed by atoms with Crippen molar-refractivity contribution in [1.82, 2.24) is 9.97 Å². The van der Waals surface area contributed by atoms with Crippen LogP contribution in [0.2, 0.25) is 0 Å². The number of non-ortho nitro benzene ring substituents is 1. The highest BCUT2D eigenvalue weighted by molar-refractivity contribution is 7.92. The van der Waals surface area contributed by atoms with Gasteiger partial charge in [-0.1, -0.05) is 12.1 Å². The number of hydrogen-bond acceptors (Lipinski definition) is 7. The molecule has 3 aromatic rings. The number of nitrogens with one attached hydrogen (secondary N) is 2. The molecule has 30 heavy (non-hydrogen) atoms. The van der Waals surface area contributed by atoms with Gasteiger partial charge >= 0.3 is 0 Å². The number of rotatable bonds is 7. The zero-order valence-corrected chi connectivity index (χ0v) is 16.1. The average molecular weight is 425 g/mol. The van der Waals surface area contributed by atoms with Gasteiger partial charge in [-0.05, 0) is 42.0 Å². The van der Waals surface area contributed by atoms with E-state index in [-0.39, 0.29) is 16.5 Å². The van der Waals surface area contributed by atoms with Crippen molar-refractivity contribution < 1.29 is 18.1 Å². The highest BCUT2D eigenvalue weighted by Gasteiger charge is 2.15. The Labute approximate surface area is 171 Å². The van der Waals surface area contributed by atoms with Crippen LogP contribution in [0.1, 0.15) is 5.56 Å². The van der Waals surface area contributed by atoms with Gasteiger partial charge in [0.2, 0.25) is 11.9 Å². The second kappa shape index (κ2) is 8.92. The molecule has 0 atom stereocenters. The predicted octanol–water partition coefficient (Wildman–Crippen LogP) is 2.84. The van der Waals surface area contributed by atoms with E-state index in [0.29, 0.717) is 11.3 Å². The van der Waals surface area contributed by atoms with E-state index in [0.717, 1.165) is 0 Å². The van der Waals surface area contributed by atoms with Crippen molar-refractivity contribution in [2.75, 3.05) is 10.0 Å². The smallest absolute Gasteiger partial charge is 0.270 e. The van der Waals surface area contributed by atoms with Gasteiger partial charge in [0, 0.05) is 36.3 Å². The maximum atomic E-state index is 12.3. The molecular formula is C19H15N5O5S. The number of nitrogens with zero attached hydrogens (tertiary/aromatic N) is 3. The minimum absolute atomic E-state index is 0.0277. The molecule has 11 heteroatoms. The molecule has 1 aromatic heterocycles. The first-order chi connectivity index (χ1) is 14.3. The van der Waals surface area contributed by atoms with E-state index in [1.54, 1.807) is 12.1 Å². The normalized spacial score (nSPS) is 11.2. The zero-order chi connectivity index (χ0) is 21.6. The van der Waals surface area contributed by atoms with Crippen molar-refractivity contribution in [3.8, 4) is 0 Å². The summed E-state index contributed by atoms with van der Waals surface area (Å²) < 4.78 is 26.9. The third-order valence-electron chi connectivity index (χ3n) is 3.73. The molecule has 0 radical (unpaired) electrons. The Balaban J connectivity index is 1.64. The van der Waals surface area contributed by atoms with Gasteiger partial charge in [0.25, 0.3) is 15.7 Å². The molecule has 10 nitrogen and oxygen atoms in total. The average Bonchev–Trinajstić information content (AvgIpc) is 2.73. The highest BCUT2D eigenvalue weighted by Crippen LogP contribution is 2.17. The van der Waals surface area contributed by atoms with Crippen LogP contribution in [0.25, 0.3) is 6.08 Å². The largest absolute Gasteiger partial charge is 0.323 e. The van der Waals surface area contributed by atoms with E-state index in [4.69, 9.17) is 0 Å². The number of sulfonamides is 1. The summed E-state index contributed by atoms with van der Waals surface area (Å²) in [6.07, 6.45) is 5.47. The Morgan fingerprint density at radius 3 is 2.40 bits per heavy atom. The topological polar surface area (TPSA) is 144 Å². The first-order valence-electron chi connectivity index (χ1n) is 8.47. The lowest BCUT2D eigenvalue weighted by Gasteiger charge is -2.07. The van der Waals surface area contributed by atoms with E-state index < -0.39 is 20.9 Å². The molecular weight excluding hydrogens is 410 g/mol. The first-order valence-corrected chi connectivity index (χ1v) is 9.95. The molecule has 1 heterocycles. The molecule has 0 saturated carbocycles. The standard InChI is InChI=1S/C19H15N5O5S/c25-18(10-5-14-3-1-4-16(13-14)24(26)27)22-15-6-8-17(9-7-15)30(28,29)23-19-20-11-2-12-21-19/h1-13H,(H,22,25)(H,20,21,23)/b10-5+. The fraction of sp³-hybridized carbons (Fsp3) is 0. The van der Waals surface area contributed by atoms with E-state index in [1.165, 1.54) is 67.0 Å². The zero-order valence-electron chi connectivity index (χ0n) is 15.3. The lowest BCUT2D eigenvalue weighted by atomic mass is 10.2. The van der Waals surface area contributed by atoms with Gasteiger partial charge in [-0.15, -0.1) is 0 Å². The number of benzene rings is 2. The number of amides is 1. The molecule has 2 N–H and O–H groups in total. The van der Waals surface area contributed by atoms with Crippen molar-refractivity contribution in [3.63, 3.8) is 0 Å². The summed E-state index contributed by atoms with van der Waals surface area (Å²) in [6, 6.07) is 12.9. The molecule has 152 valence electrons. The third-order valence-corrected chi connectivity index (χ3v) is 5.08. The maximum absolute atomic E-state index is 12.3. The molecule has 1 amide bonds. The number of carbonyl (C=O) groups is 1. The van der Waals surface area contributed by atoms with Crippen molar-refractivity contribution in [2.45, 2.75) is 4.90 Å². The fourth-order valence-electron chi connectivity index (χ4n) is 2.35. The summed E-state index contributed by atoms with van der Waals surface area (Å²) in [5.41, 5.74) is 0.789. The number of anilines is 2. The maximum Gasteiger partial charge on any atom is 0.270 e. The summed E-state index contributed by atoms with van der Waals surface area (Å²) in [5, 5.41) is 13.4. The molecule has 2 aromatic carbocycles. The molecule has 0 aliphatic heterocycles. The highest BCUT2D eigenvalue weighted by atomic mass is 32.2. The molecule has 0 spiro atoms. The van der Waals surface area contributed by atoms with Crippen LogP contribution in [0.4, 0.5) is 17.3 Å². The summed E-state index contributed by atoms with van der Waals surface area (Å²) in [5.74, 6) is -0.533. The van der Waals surface area contributed by atoms with E-state index in [2.05, 4.69) is 20.0 Å². The molecule has 3 rings (SSSR count). The van der Waals surface area contributed by atoms with Crippen molar-refractivity contribution in [3.05, 3.63) is 88.7 Å². The van der Waals surface area contributed by atoms with Gasteiger partial charge in [-0.3, -0.25) is 14.9 Å². The molecule has 0 fully saturated rings. The van der Waals surface area contributed by atoms with Gasteiger partial charge in [-0.2, -0.15) is 0 Å². The fourth-order valence-corrected chi connectivity index (χ4v) is 3.30. The number of nitro groups is 1. The minimum Gasteiger partial charge on any atom is -0.323 e. The summed E-state index contributed by atoms with van der Waals surface area (Å²) in [6.45, 7) is 0. The second-order valence-corrected chi connectivity index (χ2v) is 7.56. The van der Waals surface area contributed by atoms with Gasteiger partial charge < -0.3 is 5.32 Å². The molecule has 0 saturated heterocycles. The summed E-state index contributed by atoms with van der Waals surface area (Å²) in [4.78, 5) is 29.9. The lowest BCUT2D eigenvalue weighted by molar-refractivity contribution is -0.384. The van der Waals surface area contributed by atoms with Crippen LogP contribution in [-0.2, 0) is 14.8 Å².